The van der Waals surface area contributed by atoms with Crippen molar-refractivity contribution in [3.63, 3.8) is 0 Å². The van der Waals surface area contributed by atoms with Gasteiger partial charge in [-0.05, 0) is 12.1 Å². The molecule has 116 valence electrons. The molecule has 0 saturated heterocycles. The van der Waals surface area contributed by atoms with Gasteiger partial charge in [0.1, 0.15) is 11.3 Å². The van der Waals surface area contributed by atoms with E-state index in [9.17, 15) is 19.2 Å². The predicted octanol–water partition coefficient (Wildman–Crippen LogP) is -1.16. The molecule has 1 amide bonds. The molecule has 2 aromatic heterocycles. The van der Waals surface area contributed by atoms with Crippen LogP contribution in [0.3, 0.4) is 0 Å². The van der Waals surface area contributed by atoms with Crippen LogP contribution < -0.4 is 16.6 Å². The van der Waals surface area contributed by atoms with Gasteiger partial charge in [-0.25, -0.2) is 9.78 Å². The number of carboxylic acids is 1. The number of carboxylic acid groups (broad SMARTS) is 1. The minimum atomic E-state index is -1.03. The standard InChI is InChI=1S/C13H14N4O5/c1-16-10-7(12(21)17(2)13(16)22)3-4-8(15-10)11(20)14-6-5-9(18)19/h3-4H,5-6H2,1-2H3,(H,14,20)(H,18,19). The Kier molecular flexibility index (Phi) is 4.06. The monoisotopic (exact) mass is 306 g/mol. The van der Waals surface area contributed by atoms with E-state index in [2.05, 4.69) is 10.3 Å². The Bertz CT molecular complexity index is 880. The van der Waals surface area contributed by atoms with Crippen molar-refractivity contribution in [2.75, 3.05) is 6.54 Å². The van der Waals surface area contributed by atoms with Gasteiger partial charge in [-0.1, -0.05) is 0 Å². The summed E-state index contributed by atoms with van der Waals surface area (Å²) in [5.74, 6) is -1.60. The zero-order valence-electron chi connectivity index (χ0n) is 12.0. The molecule has 0 unspecified atom stereocenters. The van der Waals surface area contributed by atoms with Gasteiger partial charge in [-0.15, -0.1) is 0 Å². The zero-order valence-corrected chi connectivity index (χ0v) is 12.0. The molecule has 2 rings (SSSR count). The van der Waals surface area contributed by atoms with Gasteiger partial charge in [0.2, 0.25) is 0 Å². The smallest absolute Gasteiger partial charge is 0.332 e. The number of carbonyl (C=O) groups excluding carboxylic acids is 1. The Labute approximate surface area is 123 Å². The number of fused-ring (bicyclic) bond motifs is 1. The van der Waals surface area contributed by atoms with Gasteiger partial charge >= 0.3 is 11.7 Å². The Morgan fingerprint density at radius 3 is 2.55 bits per heavy atom. The average molecular weight is 306 g/mol. The third kappa shape index (κ3) is 2.73. The van der Waals surface area contributed by atoms with Crippen LogP contribution in [0.25, 0.3) is 11.0 Å². The first kappa shape index (κ1) is 15.4. The number of amides is 1. The molecule has 0 radical (unpaired) electrons. The zero-order chi connectivity index (χ0) is 16.4. The summed E-state index contributed by atoms with van der Waals surface area (Å²) in [7, 11) is 2.81. The van der Waals surface area contributed by atoms with Crippen molar-refractivity contribution in [2.24, 2.45) is 14.1 Å². The average Bonchev–Trinajstić information content (AvgIpc) is 2.49. The third-order valence-corrected chi connectivity index (χ3v) is 3.16. The van der Waals surface area contributed by atoms with Crippen molar-refractivity contribution < 1.29 is 14.7 Å². The molecule has 2 heterocycles. The van der Waals surface area contributed by atoms with Crippen LogP contribution in [-0.2, 0) is 18.9 Å². The maximum absolute atomic E-state index is 12.0. The second-order valence-corrected chi connectivity index (χ2v) is 4.67. The molecule has 9 nitrogen and oxygen atoms in total. The van der Waals surface area contributed by atoms with Crippen molar-refractivity contribution in [1.82, 2.24) is 19.4 Å². The highest BCUT2D eigenvalue weighted by molar-refractivity contribution is 5.94. The molecular weight excluding hydrogens is 292 g/mol. The summed E-state index contributed by atoms with van der Waals surface area (Å²) < 4.78 is 2.13. The van der Waals surface area contributed by atoms with Gasteiger partial charge in [-0.3, -0.25) is 23.5 Å². The number of aliphatic carboxylic acids is 1. The van der Waals surface area contributed by atoms with Crippen molar-refractivity contribution in [2.45, 2.75) is 6.42 Å². The van der Waals surface area contributed by atoms with Gasteiger partial charge in [0.15, 0.2) is 0 Å². The topological polar surface area (TPSA) is 123 Å². The fraction of sp³-hybridized carbons (Fsp3) is 0.308. The van der Waals surface area contributed by atoms with Crippen LogP contribution >= 0.6 is 0 Å². The summed E-state index contributed by atoms with van der Waals surface area (Å²) in [6, 6.07) is 2.76. The Morgan fingerprint density at radius 1 is 1.23 bits per heavy atom. The molecule has 0 aromatic carbocycles. The molecule has 0 aliphatic rings. The lowest BCUT2D eigenvalue weighted by Crippen LogP contribution is -2.37. The second-order valence-electron chi connectivity index (χ2n) is 4.67. The van der Waals surface area contributed by atoms with E-state index in [1.54, 1.807) is 0 Å². The first-order chi connectivity index (χ1) is 10.3. The maximum Gasteiger partial charge on any atom is 0.332 e. The van der Waals surface area contributed by atoms with Crippen LogP contribution in [0.4, 0.5) is 0 Å². The van der Waals surface area contributed by atoms with E-state index in [1.165, 1.54) is 30.8 Å². The van der Waals surface area contributed by atoms with Crippen molar-refractivity contribution in [1.29, 1.82) is 0 Å². The van der Waals surface area contributed by atoms with Crippen molar-refractivity contribution in [3.05, 3.63) is 38.7 Å². The minimum absolute atomic E-state index is 0.00106. The summed E-state index contributed by atoms with van der Waals surface area (Å²) in [4.78, 5) is 50.1. The van der Waals surface area contributed by atoms with E-state index in [-0.39, 0.29) is 29.7 Å². The molecule has 0 spiro atoms. The van der Waals surface area contributed by atoms with E-state index >= 15 is 0 Å². The number of nitrogens with zero attached hydrogens (tertiary/aromatic N) is 3. The Hall–Kier alpha value is -2.97. The Balaban J connectivity index is 2.43. The lowest BCUT2D eigenvalue weighted by Gasteiger charge is -2.08. The minimum Gasteiger partial charge on any atom is -0.481 e. The fourth-order valence-corrected chi connectivity index (χ4v) is 1.95. The van der Waals surface area contributed by atoms with Gasteiger partial charge < -0.3 is 10.4 Å². The van der Waals surface area contributed by atoms with E-state index in [4.69, 9.17) is 5.11 Å². The molecule has 2 N–H and O–H groups in total. The molecule has 0 aliphatic heterocycles. The number of carbonyl (C=O) groups is 2. The lowest BCUT2D eigenvalue weighted by atomic mass is 10.2. The molecule has 0 fully saturated rings. The number of hydrogen-bond acceptors (Lipinski definition) is 5. The van der Waals surface area contributed by atoms with Crippen LogP contribution in [0.2, 0.25) is 0 Å². The van der Waals surface area contributed by atoms with Gasteiger partial charge in [0.25, 0.3) is 11.5 Å². The molecule has 2 aromatic rings. The number of aromatic nitrogens is 3. The number of hydrogen-bond donors (Lipinski definition) is 2. The summed E-state index contributed by atoms with van der Waals surface area (Å²) >= 11 is 0. The summed E-state index contributed by atoms with van der Waals surface area (Å²) in [6.07, 6.45) is -0.210. The number of pyridine rings is 1. The number of nitrogens with one attached hydrogen (secondary N) is 1. The molecule has 0 atom stereocenters. The highest BCUT2D eigenvalue weighted by atomic mass is 16.4. The van der Waals surface area contributed by atoms with Gasteiger partial charge in [-0.2, -0.15) is 0 Å². The van der Waals surface area contributed by atoms with Crippen LogP contribution in [0.5, 0.6) is 0 Å². The molecule has 22 heavy (non-hydrogen) atoms. The molecule has 0 saturated carbocycles. The Morgan fingerprint density at radius 2 is 1.91 bits per heavy atom. The molecular formula is C13H14N4O5. The van der Waals surface area contributed by atoms with E-state index < -0.39 is 23.1 Å². The molecule has 9 heteroatoms. The third-order valence-electron chi connectivity index (χ3n) is 3.16. The summed E-state index contributed by atoms with van der Waals surface area (Å²) in [6.45, 7) is -0.0383. The van der Waals surface area contributed by atoms with Gasteiger partial charge in [0, 0.05) is 20.6 Å². The first-order valence-corrected chi connectivity index (χ1v) is 6.39. The highest BCUT2D eigenvalue weighted by Gasteiger charge is 2.13. The lowest BCUT2D eigenvalue weighted by molar-refractivity contribution is -0.136. The highest BCUT2D eigenvalue weighted by Crippen LogP contribution is 2.06. The van der Waals surface area contributed by atoms with Gasteiger partial charge in [0.05, 0.1) is 11.8 Å². The SMILES string of the molecule is Cn1c(=O)c2ccc(C(=O)NCCC(=O)O)nc2n(C)c1=O. The number of aryl methyl sites for hydroxylation is 1. The predicted molar refractivity (Wildman–Crippen MR) is 76.8 cm³/mol. The second kappa shape index (κ2) is 5.80. The van der Waals surface area contributed by atoms with Crippen molar-refractivity contribution in [3.8, 4) is 0 Å². The van der Waals surface area contributed by atoms with E-state index in [0.29, 0.717) is 0 Å². The van der Waals surface area contributed by atoms with Crippen LogP contribution in [0.1, 0.15) is 16.9 Å². The van der Waals surface area contributed by atoms with Crippen LogP contribution in [-0.4, -0.2) is 37.6 Å². The molecule has 0 bridgehead atoms. The largest absolute Gasteiger partial charge is 0.481 e. The van der Waals surface area contributed by atoms with E-state index in [1.807, 2.05) is 0 Å². The number of rotatable bonds is 4. The first-order valence-electron chi connectivity index (χ1n) is 6.39. The fourth-order valence-electron chi connectivity index (χ4n) is 1.95. The summed E-state index contributed by atoms with van der Waals surface area (Å²) in [5.41, 5.74) is -0.947. The maximum atomic E-state index is 12.0. The summed E-state index contributed by atoms with van der Waals surface area (Å²) in [5, 5.41) is 11.1. The van der Waals surface area contributed by atoms with Crippen molar-refractivity contribution >= 4 is 22.9 Å². The molecule has 0 aliphatic carbocycles. The van der Waals surface area contributed by atoms with Crippen LogP contribution in [0, 0.1) is 0 Å². The normalized spacial score (nSPS) is 10.6. The van der Waals surface area contributed by atoms with E-state index in [0.717, 1.165) is 4.57 Å². The quantitative estimate of drug-likeness (QED) is 0.734. The van der Waals surface area contributed by atoms with Crippen LogP contribution in [0.15, 0.2) is 21.7 Å².